The number of nitrogens with two attached hydrogens (primary N) is 2. The summed E-state index contributed by atoms with van der Waals surface area (Å²) in [7, 11) is 0. The Morgan fingerprint density at radius 2 is 1.68 bits per heavy atom. The van der Waals surface area contributed by atoms with Crippen LogP contribution >= 0.6 is 0 Å². The van der Waals surface area contributed by atoms with Crippen LogP contribution in [0.3, 0.4) is 0 Å². The molecule has 1 saturated heterocycles. The van der Waals surface area contributed by atoms with E-state index in [0.29, 0.717) is 30.0 Å². The fourth-order valence-corrected chi connectivity index (χ4v) is 2.41. The molecule has 5 nitrogen and oxygen atoms in total. The van der Waals surface area contributed by atoms with Gasteiger partial charge in [0.15, 0.2) is 0 Å². The Morgan fingerprint density at radius 3 is 2.16 bits per heavy atom. The van der Waals surface area contributed by atoms with Gasteiger partial charge in [0.25, 0.3) is 5.91 Å². The zero-order valence-corrected chi connectivity index (χ0v) is 11.6. The molecule has 1 aromatic carbocycles. The predicted octanol–water partition coefficient (Wildman–Crippen LogP) is 1.41. The highest BCUT2D eigenvalue weighted by Gasteiger charge is 2.27. The highest BCUT2D eigenvalue weighted by atomic mass is 16.5. The summed E-state index contributed by atoms with van der Waals surface area (Å²) in [6.45, 7) is 6.97. The van der Waals surface area contributed by atoms with Gasteiger partial charge in [-0.1, -0.05) is 0 Å². The molecule has 0 aliphatic carbocycles. The molecule has 0 bridgehead atoms. The van der Waals surface area contributed by atoms with Crippen molar-refractivity contribution < 1.29 is 9.53 Å². The number of hydrogen-bond acceptors (Lipinski definition) is 4. The molecule has 4 N–H and O–H groups in total. The maximum absolute atomic E-state index is 12.5. The van der Waals surface area contributed by atoms with Crippen LogP contribution in [0.15, 0.2) is 12.1 Å². The van der Waals surface area contributed by atoms with Gasteiger partial charge in [0.2, 0.25) is 0 Å². The number of amides is 1. The van der Waals surface area contributed by atoms with Crippen LogP contribution in [0.2, 0.25) is 0 Å². The van der Waals surface area contributed by atoms with Crippen molar-refractivity contribution in [3.8, 4) is 0 Å². The Morgan fingerprint density at radius 1 is 1.21 bits per heavy atom. The number of carbonyl (C=O) groups excluding carboxylic acids is 1. The molecule has 19 heavy (non-hydrogen) atoms. The molecule has 104 valence electrons. The van der Waals surface area contributed by atoms with E-state index >= 15 is 0 Å². The van der Waals surface area contributed by atoms with E-state index in [1.807, 2.05) is 20.8 Å². The van der Waals surface area contributed by atoms with Gasteiger partial charge in [0, 0.05) is 30.0 Å². The second kappa shape index (κ2) is 5.09. The molecule has 1 aliphatic heterocycles. The zero-order valence-electron chi connectivity index (χ0n) is 11.6. The van der Waals surface area contributed by atoms with Crippen LogP contribution in [0.5, 0.6) is 0 Å². The van der Waals surface area contributed by atoms with Crippen LogP contribution in [0.25, 0.3) is 0 Å². The fourth-order valence-electron chi connectivity index (χ4n) is 2.41. The first-order valence-corrected chi connectivity index (χ1v) is 6.48. The molecule has 1 aromatic rings. The molecule has 0 spiro atoms. The predicted molar refractivity (Wildman–Crippen MR) is 75.9 cm³/mol. The molecular weight excluding hydrogens is 242 g/mol. The maximum Gasteiger partial charge on any atom is 0.254 e. The van der Waals surface area contributed by atoms with Gasteiger partial charge in [-0.25, -0.2) is 0 Å². The molecule has 1 amide bonds. The maximum atomic E-state index is 12.5. The Hall–Kier alpha value is -1.75. The van der Waals surface area contributed by atoms with Crippen LogP contribution in [0.4, 0.5) is 11.4 Å². The number of carbonyl (C=O) groups is 1. The number of benzene rings is 1. The minimum Gasteiger partial charge on any atom is -0.398 e. The van der Waals surface area contributed by atoms with Crippen molar-refractivity contribution in [1.82, 2.24) is 4.90 Å². The van der Waals surface area contributed by atoms with E-state index in [2.05, 4.69) is 0 Å². The smallest absolute Gasteiger partial charge is 0.254 e. The van der Waals surface area contributed by atoms with Crippen LogP contribution in [0, 0.1) is 6.92 Å². The van der Waals surface area contributed by atoms with Crippen molar-refractivity contribution in [2.45, 2.75) is 33.0 Å². The van der Waals surface area contributed by atoms with Gasteiger partial charge in [0.1, 0.15) is 0 Å². The summed E-state index contributed by atoms with van der Waals surface area (Å²) in [6.07, 6.45) is 0.0979. The Kier molecular flexibility index (Phi) is 3.66. The summed E-state index contributed by atoms with van der Waals surface area (Å²) in [5, 5.41) is 0. The average Bonchev–Trinajstić information content (AvgIpc) is 2.33. The number of ether oxygens (including phenoxy) is 1. The molecule has 0 radical (unpaired) electrons. The Labute approximate surface area is 113 Å². The molecule has 0 aromatic heterocycles. The minimum absolute atomic E-state index is 0.0413. The molecule has 5 heteroatoms. The normalized spacial score (nSPS) is 23.4. The van der Waals surface area contributed by atoms with Crippen LogP contribution in [0.1, 0.15) is 29.8 Å². The highest BCUT2D eigenvalue weighted by molar-refractivity contribution is 5.96. The number of morpholine rings is 1. The molecule has 2 rings (SSSR count). The molecule has 1 fully saturated rings. The summed E-state index contributed by atoms with van der Waals surface area (Å²) in [6, 6.07) is 3.39. The summed E-state index contributed by atoms with van der Waals surface area (Å²) >= 11 is 0. The Bertz CT molecular complexity index is 468. The van der Waals surface area contributed by atoms with Gasteiger partial charge >= 0.3 is 0 Å². The van der Waals surface area contributed by atoms with E-state index in [9.17, 15) is 4.79 Å². The van der Waals surface area contributed by atoms with Crippen molar-refractivity contribution in [3.05, 3.63) is 23.3 Å². The summed E-state index contributed by atoms with van der Waals surface area (Å²) < 4.78 is 5.63. The lowest BCUT2D eigenvalue weighted by molar-refractivity contribution is -0.0586. The zero-order chi connectivity index (χ0) is 14.2. The lowest BCUT2D eigenvalue weighted by Gasteiger charge is -2.35. The van der Waals surface area contributed by atoms with Gasteiger partial charge in [-0.15, -0.1) is 0 Å². The van der Waals surface area contributed by atoms with Gasteiger partial charge in [-0.05, 0) is 38.5 Å². The van der Waals surface area contributed by atoms with Gasteiger partial charge in [-0.3, -0.25) is 4.79 Å². The van der Waals surface area contributed by atoms with Gasteiger partial charge in [-0.2, -0.15) is 0 Å². The monoisotopic (exact) mass is 263 g/mol. The molecule has 2 atom stereocenters. The van der Waals surface area contributed by atoms with Crippen molar-refractivity contribution in [2.75, 3.05) is 24.6 Å². The molecule has 1 heterocycles. The van der Waals surface area contributed by atoms with Crippen molar-refractivity contribution in [3.63, 3.8) is 0 Å². The fraction of sp³-hybridized carbons (Fsp3) is 0.500. The largest absolute Gasteiger partial charge is 0.398 e. The van der Waals surface area contributed by atoms with E-state index in [0.717, 1.165) is 5.56 Å². The topological polar surface area (TPSA) is 81.6 Å². The van der Waals surface area contributed by atoms with Crippen LogP contribution < -0.4 is 11.5 Å². The quantitative estimate of drug-likeness (QED) is 0.751. The van der Waals surface area contributed by atoms with Gasteiger partial charge in [0.05, 0.1) is 12.2 Å². The van der Waals surface area contributed by atoms with Crippen LogP contribution in [-0.4, -0.2) is 36.1 Å². The number of nitrogens with zero attached hydrogens (tertiary/aromatic N) is 1. The van der Waals surface area contributed by atoms with Crippen molar-refractivity contribution in [1.29, 1.82) is 0 Å². The summed E-state index contributed by atoms with van der Waals surface area (Å²) in [5.41, 5.74) is 14.2. The molecule has 1 aliphatic rings. The van der Waals surface area contributed by atoms with E-state index in [1.165, 1.54) is 0 Å². The first-order valence-electron chi connectivity index (χ1n) is 6.48. The second-order valence-corrected chi connectivity index (χ2v) is 5.25. The Balaban J connectivity index is 2.24. The number of anilines is 2. The lowest BCUT2D eigenvalue weighted by atomic mass is 10.1. The lowest BCUT2D eigenvalue weighted by Crippen LogP contribution is -2.48. The average molecular weight is 263 g/mol. The number of nitrogen functional groups attached to an aromatic ring is 2. The van der Waals surface area contributed by atoms with Gasteiger partial charge < -0.3 is 21.1 Å². The van der Waals surface area contributed by atoms with Crippen molar-refractivity contribution >= 4 is 17.3 Å². The van der Waals surface area contributed by atoms with E-state index < -0.39 is 0 Å². The third-order valence-electron chi connectivity index (χ3n) is 3.44. The number of rotatable bonds is 1. The number of hydrogen-bond donors (Lipinski definition) is 2. The third-order valence-corrected chi connectivity index (χ3v) is 3.44. The van der Waals surface area contributed by atoms with Crippen molar-refractivity contribution in [2.24, 2.45) is 0 Å². The van der Waals surface area contributed by atoms with E-state index in [-0.39, 0.29) is 18.1 Å². The first-order chi connectivity index (χ1) is 8.88. The highest BCUT2D eigenvalue weighted by Crippen LogP contribution is 2.23. The minimum atomic E-state index is -0.0413. The van der Waals surface area contributed by atoms with E-state index in [4.69, 9.17) is 16.2 Å². The summed E-state index contributed by atoms with van der Waals surface area (Å²) in [4.78, 5) is 14.3. The third kappa shape index (κ3) is 2.81. The SMILES string of the molecule is Cc1c(N)cc(C(=O)N2C[C@@H](C)O[C@H](C)C2)cc1N. The van der Waals surface area contributed by atoms with E-state index in [1.54, 1.807) is 17.0 Å². The summed E-state index contributed by atoms with van der Waals surface area (Å²) in [5.74, 6) is -0.0413. The molecular formula is C14H21N3O2. The van der Waals surface area contributed by atoms with Crippen LogP contribution in [-0.2, 0) is 4.74 Å². The molecule has 0 saturated carbocycles. The second-order valence-electron chi connectivity index (χ2n) is 5.25. The first kappa shape index (κ1) is 13.7. The standard InChI is InChI=1S/C14H21N3O2/c1-8-6-17(7-9(2)19-8)14(18)11-4-12(15)10(3)13(16)5-11/h4-5,8-9H,6-7,15-16H2,1-3H3/t8-,9-/m1/s1. The molecule has 0 unspecified atom stereocenters.